The Bertz CT molecular complexity index is 2400. The summed E-state index contributed by atoms with van der Waals surface area (Å²) in [5.74, 6) is -2.04. The zero-order valence-corrected chi connectivity index (χ0v) is 35.1. The van der Waals surface area contributed by atoms with Gasteiger partial charge < -0.3 is 38.6 Å². The van der Waals surface area contributed by atoms with E-state index < -0.39 is 63.7 Å². The molecule has 0 unspecified atom stereocenters. The number of esters is 3. The van der Waals surface area contributed by atoms with Crippen molar-refractivity contribution in [2.75, 3.05) is 52.4 Å². The molecule has 1 saturated carbocycles. The number of ether oxygens (including phenoxy) is 4. The van der Waals surface area contributed by atoms with E-state index in [4.69, 9.17) is 18.9 Å². The van der Waals surface area contributed by atoms with Crippen LogP contribution in [0.1, 0.15) is 81.3 Å². The maximum absolute atomic E-state index is 15.3. The van der Waals surface area contributed by atoms with Crippen molar-refractivity contribution in [3.05, 3.63) is 70.9 Å². The van der Waals surface area contributed by atoms with Crippen LogP contribution in [-0.2, 0) is 50.8 Å². The number of nitrogens with zero attached hydrogens (tertiary/aromatic N) is 4. The summed E-state index contributed by atoms with van der Waals surface area (Å²) in [5.41, 5.74) is -2.52. The van der Waals surface area contributed by atoms with Gasteiger partial charge in [0.05, 0.1) is 44.7 Å². The van der Waals surface area contributed by atoms with Crippen LogP contribution in [0, 0.1) is 11.3 Å². The molecule has 1 amide bonds. The summed E-state index contributed by atoms with van der Waals surface area (Å²) in [7, 11) is 4.11. The molecule has 14 nitrogen and oxygen atoms in total. The summed E-state index contributed by atoms with van der Waals surface area (Å²) in [6.07, 6.45) is 6.05. The standard InChI is InChI=1S/C46H54N4O10/c1-7-42(55)22-27-23-45(40(53)58-5,50-32-13-10-9-12-28(32)29-14-18-48(24-42)35(27)36(29)50)31-20-30-33(21-34(31)57-4)49(25-51)38-44(30)16-19-47-17-11-15-43(8-2,37(44)47)39(60-26(3)52)46(38,56)41(54)59-6/h9-13,15,20-21,25,27,35,37-39,55-56H,7-8,14,16-19,22-24H2,1-6H3/t27-,35-,37-,38+,39+,42-,43+,44+,45-,46-/m0/s1. The highest BCUT2D eigenvalue weighted by Gasteiger charge is 2.81. The Labute approximate surface area is 349 Å². The van der Waals surface area contributed by atoms with Gasteiger partial charge in [-0.1, -0.05) is 44.2 Å². The molecule has 2 N–H and O–H groups in total. The van der Waals surface area contributed by atoms with E-state index in [1.807, 2.05) is 44.2 Å². The SMILES string of the molecule is CC[C@]1(O)C[C@H]2C[C@@](C(=O)OC)(c3cc4c(cc3OC)N(C=O)[C@H]3[C@@](O)(C(=O)OC)[C@H](OC(C)=O)[C@]5(CC)C=CCN6CC[C@]43[C@@H]65)n3c4c(c5ccccc53)CCN(C1)[C@H]42. The van der Waals surface area contributed by atoms with Crippen molar-refractivity contribution in [2.45, 2.75) is 106 Å². The smallest absolute Gasteiger partial charge is 0.344 e. The minimum Gasteiger partial charge on any atom is -0.496 e. The number of carbonyl (C=O) groups excluding carboxylic acids is 4. The number of carbonyl (C=O) groups is 4. The minimum atomic E-state index is -2.53. The second kappa shape index (κ2) is 13.1. The van der Waals surface area contributed by atoms with Gasteiger partial charge in [0.15, 0.2) is 11.6 Å². The van der Waals surface area contributed by atoms with Gasteiger partial charge in [-0.3, -0.25) is 19.4 Å². The summed E-state index contributed by atoms with van der Waals surface area (Å²) in [6, 6.07) is 10.1. The van der Waals surface area contributed by atoms with Crippen molar-refractivity contribution in [2.24, 2.45) is 11.3 Å². The zero-order chi connectivity index (χ0) is 42.3. The topological polar surface area (TPSA) is 160 Å². The van der Waals surface area contributed by atoms with Crippen LogP contribution < -0.4 is 9.64 Å². The van der Waals surface area contributed by atoms with Gasteiger partial charge in [0, 0.05) is 71.7 Å². The highest BCUT2D eigenvalue weighted by molar-refractivity contribution is 5.96. The van der Waals surface area contributed by atoms with Gasteiger partial charge in [0.25, 0.3) is 0 Å². The van der Waals surface area contributed by atoms with Crippen LogP contribution in [0.5, 0.6) is 5.75 Å². The molecule has 2 aromatic carbocycles. The van der Waals surface area contributed by atoms with Crippen molar-refractivity contribution < 1.29 is 48.3 Å². The number of aliphatic hydroxyl groups is 2. The van der Waals surface area contributed by atoms with Crippen LogP contribution >= 0.6 is 0 Å². The molecule has 0 bridgehead atoms. The molecule has 2 saturated heterocycles. The number of aromatic nitrogens is 1. The second-order valence-electron chi connectivity index (χ2n) is 18.3. The minimum absolute atomic E-state index is 0.0473. The predicted octanol–water partition coefficient (Wildman–Crippen LogP) is 3.50. The van der Waals surface area contributed by atoms with Gasteiger partial charge >= 0.3 is 17.9 Å². The van der Waals surface area contributed by atoms with Crippen LogP contribution in [-0.4, -0.2) is 126 Å². The molecule has 1 aromatic heterocycles. The summed E-state index contributed by atoms with van der Waals surface area (Å²) >= 11 is 0. The Morgan fingerprint density at radius 1 is 0.933 bits per heavy atom. The summed E-state index contributed by atoms with van der Waals surface area (Å²) in [6.45, 7) is 7.65. The van der Waals surface area contributed by atoms with E-state index in [1.54, 1.807) is 6.07 Å². The summed E-state index contributed by atoms with van der Waals surface area (Å²) in [4.78, 5) is 62.5. The van der Waals surface area contributed by atoms with Crippen molar-refractivity contribution >= 4 is 40.9 Å². The van der Waals surface area contributed by atoms with Gasteiger partial charge in [-0.05, 0) is 74.2 Å². The normalized spacial score (nSPS) is 37.1. The molecule has 10 rings (SSSR count). The molecule has 0 radical (unpaired) electrons. The third kappa shape index (κ3) is 4.52. The first-order chi connectivity index (χ1) is 28.8. The highest BCUT2D eigenvalue weighted by Crippen LogP contribution is 2.69. The summed E-state index contributed by atoms with van der Waals surface area (Å²) < 4.78 is 25.9. The number of hydrogen-bond acceptors (Lipinski definition) is 12. The van der Waals surface area contributed by atoms with E-state index in [0.717, 1.165) is 29.6 Å². The Kier molecular flexibility index (Phi) is 8.61. The monoisotopic (exact) mass is 822 g/mol. The Morgan fingerprint density at radius 2 is 1.70 bits per heavy atom. The molecule has 7 aliphatic rings. The molecule has 3 fully saturated rings. The molecule has 7 heterocycles. The molecule has 10 atom stereocenters. The molecule has 3 aromatic rings. The van der Waals surface area contributed by atoms with E-state index in [1.165, 1.54) is 38.7 Å². The number of benzene rings is 2. The van der Waals surface area contributed by atoms with Crippen LogP contribution in [0.25, 0.3) is 10.9 Å². The molecule has 1 spiro atoms. The van der Waals surface area contributed by atoms with E-state index >= 15 is 4.79 Å². The van der Waals surface area contributed by atoms with Gasteiger partial charge in [-0.25, -0.2) is 9.59 Å². The van der Waals surface area contributed by atoms with Crippen molar-refractivity contribution in [1.29, 1.82) is 0 Å². The fourth-order valence-corrected chi connectivity index (χ4v) is 14.2. The predicted molar refractivity (Wildman–Crippen MR) is 218 cm³/mol. The third-order valence-electron chi connectivity index (χ3n) is 16.1. The lowest BCUT2D eigenvalue weighted by molar-refractivity contribution is -0.228. The molecule has 318 valence electrons. The number of para-hydroxylation sites is 1. The number of piperidine rings is 1. The highest BCUT2D eigenvalue weighted by atomic mass is 16.6. The lowest BCUT2D eigenvalue weighted by atomic mass is 9.47. The Morgan fingerprint density at radius 3 is 2.38 bits per heavy atom. The number of amides is 1. The zero-order valence-electron chi connectivity index (χ0n) is 35.1. The summed E-state index contributed by atoms with van der Waals surface area (Å²) in [5, 5.41) is 26.4. The molecule has 1 aliphatic carbocycles. The average molecular weight is 823 g/mol. The second-order valence-corrected chi connectivity index (χ2v) is 18.3. The molecule has 14 heteroatoms. The Balaban J connectivity index is 1.31. The lowest BCUT2D eigenvalue weighted by Crippen LogP contribution is -2.81. The first kappa shape index (κ1) is 39.4. The number of fused-ring (bicyclic) bond motifs is 4. The van der Waals surface area contributed by atoms with E-state index in [9.17, 15) is 24.6 Å². The number of methoxy groups -OCH3 is 3. The van der Waals surface area contributed by atoms with Crippen LogP contribution in [0.2, 0.25) is 0 Å². The number of anilines is 1. The van der Waals surface area contributed by atoms with Crippen LogP contribution in [0.15, 0.2) is 48.6 Å². The first-order valence-corrected chi connectivity index (χ1v) is 21.3. The van der Waals surface area contributed by atoms with E-state index in [-0.39, 0.29) is 18.4 Å². The van der Waals surface area contributed by atoms with Crippen molar-refractivity contribution in [1.82, 2.24) is 14.4 Å². The third-order valence-corrected chi connectivity index (χ3v) is 16.1. The Hall–Kier alpha value is -4.76. The van der Waals surface area contributed by atoms with Gasteiger partial charge in [-0.2, -0.15) is 0 Å². The van der Waals surface area contributed by atoms with Gasteiger partial charge in [0.2, 0.25) is 12.0 Å². The maximum atomic E-state index is 15.3. The largest absolute Gasteiger partial charge is 0.496 e. The molecular formula is C46H54N4O10. The maximum Gasteiger partial charge on any atom is 0.344 e. The van der Waals surface area contributed by atoms with E-state index in [0.29, 0.717) is 74.3 Å². The quantitative estimate of drug-likeness (QED) is 0.148. The van der Waals surface area contributed by atoms with Crippen molar-refractivity contribution in [3.63, 3.8) is 0 Å². The molecular weight excluding hydrogens is 769 g/mol. The molecule has 6 aliphatic heterocycles. The first-order valence-electron chi connectivity index (χ1n) is 21.3. The number of hydrogen-bond donors (Lipinski definition) is 2. The molecule has 60 heavy (non-hydrogen) atoms. The fourth-order valence-electron chi connectivity index (χ4n) is 14.2. The van der Waals surface area contributed by atoms with Gasteiger partial charge in [0.1, 0.15) is 5.75 Å². The lowest BCUT2D eigenvalue weighted by Gasteiger charge is -2.63. The fraction of sp³-hybridized carbons (Fsp3) is 0.565. The van der Waals surface area contributed by atoms with Crippen LogP contribution in [0.3, 0.4) is 0 Å². The number of rotatable bonds is 8. The average Bonchev–Trinajstić information content (AvgIpc) is 3.91. The van der Waals surface area contributed by atoms with Gasteiger partial charge in [-0.15, -0.1) is 0 Å². The van der Waals surface area contributed by atoms with E-state index in [2.05, 4.69) is 26.5 Å². The van der Waals surface area contributed by atoms with Crippen molar-refractivity contribution in [3.8, 4) is 5.75 Å². The van der Waals surface area contributed by atoms with Crippen LogP contribution in [0.4, 0.5) is 5.69 Å².